The first-order valence-electron chi connectivity index (χ1n) is 8.99. The highest BCUT2D eigenvalue weighted by molar-refractivity contribution is 6.77. The fourth-order valence-corrected chi connectivity index (χ4v) is 9.37. The lowest BCUT2D eigenvalue weighted by Gasteiger charge is -2.42. The molecule has 1 aromatic heterocycles. The summed E-state index contributed by atoms with van der Waals surface area (Å²) in [4.78, 5) is 0. The fourth-order valence-electron chi connectivity index (χ4n) is 3.95. The molecule has 3 nitrogen and oxygen atoms in total. The van der Waals surface area contributed by atoms with E-state index in [2.05, 4.69) is 46.9 Å². The first kappa shape index (κ1) is 19.7. The van der Waals surface area contributed by atoms with Gasteiger partial charge in [-0.1, -0.05) is 47.6 Å². The summed E-state index contributed by atoms with van der Waals surface area (Å²) in [5.41, 5.74) is 3.58. The van der Waals surface area contributed by atoms with Crippen LogP contribution in [0.3, 0.4) is 0 Å². The van der Waals surface area contributed by atoms with E-state index in [-0.39, 0.29) is 5.82 Å². The maximum atomic E-state index is 14.4. The molecule has 2 aromatic rings. The average Bonchev–Trinajstić information content (AvgIpc) is 3.02. The fraction of sp³-hybridized carbons (Fsp3) is 0.500. The van der Waals surface area contributed by atoms with Crippen molar-refractivity contribution in [3.05, 3.63) is 48.2 Å². The molecule has 0 aliphatic rings. The van der Waals surface area contributed by atoms with E-state index in [1.807, 2.05) is 6.07 Å². The van der Waals surface area contributed by atoms with Crippen LogP contribution in [0.2, 0.25) is 16.6 Å². The molecule has 0 bridgehead atoms. The van der Waals surface area contributed by atoms with E-state index in [0.29, 0.717) is 28.9 Å². The van der Waals surface area contributed by atoms with Crippen LogP contribution in [-0.4, -0.2) is 8.32 Å². The zero-order valence-electron chi connectivity index (χ0n) is 16.1. The number of halogens is 1. The summed E-state index contributed by atoms with van der Waals surface area (Å²) in [5.74, 6) is -0.284. The van der Waals surface area contributed by atoms with Crippen LogP contribution in [0, 0.1) is 5.82 Å². The van der Waals surface area contributed by atoms with E-state index < -0.39 is 8.32 Å². The van der Waals surface area contributed by atoms with Crippen molar-refractivity contribution in [2.24, 2.45) is 0 Å². The molecule has 0 fully saturated rings. The van der Waals surface area contributed by atoms with Gasteiger partial charge in [0.15, 0.2) is 0 Å². The van der Waals surface area contributed by atoms with Gasteiger partial charge in [-0.3, -0.25) is 0 Å². The van der Waals surface area contributed by atoms with Crippen molar-refractivity contribution in [2.75, 3.05) is 5.32 Å². The van der Waals surface area contributed by atoms with Gasteiger partial charge in [0.25, 0.3) is 0 Å². The largest absolute Gasteiger partial charge is 0.470 e. The van der Waals surface area contributed by atoms with E-state index in [1.54, 1.807) is 30.7 Å². The van der Waals surface area contributed by atoms with Gasteiger partial charge in [0.05, 0.1) is 24.2 Å². The van der Waals surface area contributed by atoms with Crippen molar-refractivity contribution in [1.82, 2.24) is 0 Å². The monoisotopic (exact) mass is 363 g/mol. The Morgan fingerprint density at radius 2 is 1.68 bits per heavy atom. The van der Waals surface area contributed by atoms with E-state index >= 15 is 0 Å². The first-order chi connectivity index (χ1) is 11.8. The van der Waals surface area contributed by atoms with Crippen LogP contribution in [0.1, 0.15) is 47.1 Å². The highest BCUT2D eigenvalue weighted by atomic mass is 28.4. The average molecular weight is 364 g/mol. The van der Waals surface area contributed by atoms with Gasteiger partial charge in [0, 0.05) is 0 Å². The first-order valence-corrected chi connectivity index (χ1v) is 11.1. The third-order valence-corrected chi connectivity index (χ3v) is 11.1. The second-order valence-electron chi connectivity index (χ2n) is 7.56. The van der Waals surface area contributed by atoms with Crippen LogP contribution in [0.5, 0.6) is 0 Å². The summed E-state index contributed by atoms with van der Waals surface area (Å²) in [6.07, 6.45) is 3.10. The van der Waals surface area contributed by atoms with Gasteiger partial charge in [-0.05, 0) is 40.4 Å². The smallest absolute Gasteiger partial charge is 0.200 e. The minimum Gasteiger partial charge on any atom is -0.470 e. The number of hydrogen-bond acceptors (Lipinski definition) is 3. The predicted octanol–water partition coefficient (Wildman–Crippen LogP) is 6.85. The zero-order valence-corrected chi connectivity index (χ0v) is 17.1. The third-order valence-electron chi connectivity index (χ3n) is 5.03. The summed E-state index contributed by atoms with van der Waals surface area (Å²) < 4.78 is 25.9. The molecule has 1 N–H and O–H groups in total. The molecule has 0 radical (unpaired) electrons. The molecular formula is C20H30FNO2Si. The Balaban J connectivity index is 2.13. The van der Waals surface area contributed by atoms with Crippen molar-refractivity contribution >= 4 is 19.7 Å². The van der Waals surface area contributed by atoms with Crippen LogP contribution in [0.15, 0.2) is 41.2 Å². The zero-order chi connectivity index (χ0) is 18.6. The minimum atomic E-state index is -1.94. The Morgan fingerprint density at radius 1 is 1.04 bits per heavy atom. The molecule has 0 saturated carbocycles. The van der Waals surface area contributed by atoms with Crippen LogP contribution >= 0.6 is 0 Å². The van der Waals surface area contributed by atoms with E-state index in [4.69, 9.17) is 8.84 Å². The standard InChI is InChI=1S/C20H30FNO2Si/c1-14(2)25(15(3)4,16(5)6)24-12-17-7-8-20(19(21)11-17)22-18-9-10-23-13-18/h7-11,13-16,22H,12H2,1-6H3. The van der Waals surface area contributed by atoms with Crippen LogP contribution in [0.25, 0.3) is 0 Å². The molecule has 1 heterocycles. The Hall–Kier alpha value is -1.59. The van der Waals surface area contributed by atoms with Gasteiger partial charge >= 0.3 is 0 Å². The van der Waals surface area contributed by atoms with Crippen molar-refractivity contribution in [3.8, 4) is 0 Å². The van der Waals surface area contributed by atoms with E-state index in [0.717, 1.165) is 11.3 Å². The Kier molecular flexibility index (Phi) is 6.46. The summed E-state index contributed by atoms with van der Waals surface area (Å²) in [6, 6.07) is 6.99. The molecule has 0 amide bonds. The second-order valence-corrected chi connectivity index (χ2v) is 13.0. The van der Waals surface area contributed by atoms with Crippen molar-refractivity contribution in [2.45, 2.75) is 64.8 Å². The number of anilines is 2. The molecule has 138 valence electrons. The Bertz CT molecular complexity index is 647. The highest BCUT2D eigenvalue weighted by Gasteiger charge is 2.44. The van der Waals surface area contributed by atoms with Crippen molar-refractivity contribution in [1.29, 1.82) is 0 Å². The number of furan rings is 1. The Morgan fingerprint density at radius 3 is 2.16 bits per heavy atom. The molecule has 0 unspecified atom stereocenters. The molecule has 0 atom stereocenters. The second kappa shape index (κ2) is 8.19. The van der Waals surface area contributed by atoms with Crippen molar-refractivity contribution in [3.63, 3.8) is 0 Å². The molecule has 1 aromatic carbocycles. The molecule has 0 aliphatic heterocycles. The van der Waals surface area contributed by atoms with Gasteiger partial charge in [-0.2, -0.15) is 0 Å². The van der Waals surface area contributed by atoms with Crippen LogP contribution in [-0.2, 0) is 11.0 Å². The number of hydrogen-bond donors (Lipinski definition) is 1. The van der Waals surface area contributed by atoms with Gasteiger partial charge in [0.1, 0.15) is 12.1 Å². The number of benzene rings is 1. The van der Waals surface area contributed by atoms with Crippen LogP contribution in [0.4, 0.5) is 15.8 Å². The topological polar surface area (TPSA) is 34.4 Å². The lowest BCUT2D eigenvalue weighted by atomic mass is 10.2. The molecule has 25 heavy (non-hydrogen) atoms. The molecule has 0 saturated heterocycles. The summed E-state index contributed by atoms with van der Waals surface area (Å²) in [7, 11) is -1.94. The maximum Gasteiger partial charge on any atom is 0.200 e. The van der Waals surface area contributed by atoms with Gasteiger partial charge in [-0.15, -0.1) is 0 Å². The summed E-state index contributed by atoms with van der Waals surface area (Å²) in [5, 5.41) is 3.01. The third kappa shape index (κ3) is 4.33. The van der Waals surface area contributed by atoms with E-state index in [1.165, 1.54) is 0 Å². The summed E-state index contributed by atoms with van der Waals surface area (Å²) >= 11 is 0. The Labute approximate surface area is 151 Å². The van der Waals surface area contributed by atoms with Gasteiger partial charge in [0.2, 0.25) is 8.32 Å². The molecule has 5 heteroatoms. The molecule has 0 spiro atoms. The van der Waals surface area contributed by atoms with Crippen LogP contribution < -0.4 is 5.32 Å². The predicted molar refractivity (Wildman–Crippen MR) is 104 cm³/mol. The van der Waals surface area contributed by atoms with Crippen molar-refractivity contribution < 1.29 is 13.2 Å². The normalized spacial score (nSPS) is 12.4. The quantitative estimate of drug-likeness (QED) is 0.520. The minimum absolute atomic E-state index is 0.284. The lowest BCUT2D eigenvalue weighted by Crippen LogP contribution is -2.47. The SMILES string of the molecule is CC(C)[Si](OCc1ccc(Nc2ccoc2)c(F)c1)(C(C)C)C(C)C. The summed E-state index contributed by atoms with van der Waals surface area (Å²) in [6.45, 7) is 14.0. The molecular weight excluding hydrogens is 333 g/mol. The number of rotatable bonds is 8. The lowest BCUT2D eigenvalue weighted by molar-refractivity contribution is 0.265. The van der Waals surface area contributed by atoms with E-state index in [9.17, 15) is 4.39 Å². The van der Waals surface area contributed by atoms with Gasteiger partial charge < -0.3 is 14.2 Å². The maximum absolute atomic E-state index is 14.4. The molecule has 2 rings (SSSR count). The highest BCUT2D eigenvalue weighted by Crippen LogP contribution is 2.42. The van der Waals surface area contributed by atoms with Gasteiger partial charge in [-0.25, -0.2) is 4.39 Å². The number of nitrogens with one attached hydrogen (secondary N) is 1. The molecule has 0 aliphatic carbocycles.